The Labute approximate surface area is 66.8 Å². The van der Waals surface area contributed by atoms with Crippen LogP contribution in [0.4, 0.5) is 0 Å². The van der Waals surface area contributed by atoms with E-state index in [9.17, 15) is 5.11 Å². The van der Waals surface area contributed by atoms with Crippen LogP contribution in [-0.2, 0) is 0 Å². The first-order valence-electron chi connectivity index (χ1n) is 4.94. The van der Waals surface area contributed by atoms with Gasteiger partial charge >= 0.3 is 0 Å². The van der Waals surface area contributed by atoms with Crippen LogP contribution in [0.25, 0.3) is 0 Å². The van der Waals surface area contributed by atoms with Crippen LogP contribution in [-0.4, -0.2) is 11.2 Å². The van der Waals surface area contributed by atoms with Crippen LogP contribution >= 0.6 is 0 Å². The maximum absolute atomic E-state index is 10.0. The van der Waals surface area contributed by atoms with Gasteiger partial charge in [0.15, 0.2) is 0 Å². The van der Waals surface area contributed by atoms with Crippen molar-refractivity contribution in [2.24, 2.45) is 22.7 Å². The second-order valence-electron chi connectivity index (χ2n) is 5.53. The minimum Gasteiger partial charge on any atom is -0.392 e. The standard InChI is InChI=1S/C10H14O/c11-8-7-1-6-2-9(4-7)5-10(8,9)3-6/h6-8,11H,1-5H2. The molecule has 2 spiro atoms. The van der Waals surface area contributed by atoms with Gasteiger partial charge in [-0.3, -0.25) is 0 Å². The van der Waals surface area contributed by atoms with E-state index in [1.165, 1.54) is 32.1 Å². The van der Waals surface area contributed by atoms with Crippen molar-refractivity contribution in [1.82, 2.24) is 0 Å². The van der Waals surface area contributed by atoms with E-state index in [-0.39, 0.29) is 6.10 Å². The first-order valence-corrected chi connectivity index (χ1v) is 4.94. The predicted octanol–water partition coefficient (Wildman–Crippen LogP) is 1.56. The average molecular weight is 150 g/mol. The average Bonchev–Trinajstić information content (AvgIpc) is 2.42. The van der Waals surface area contributed by atoms with Gasteiger partial charge in [-0.2, -0.15) is 0 Å². The Bertz CT molecular complexity index is 249. The topological polar surface area (TPSA) is 20.2 Å². The van der Waals surface area contributed by atoms with E-state index < -0.39 is 0 Å². The number of aliphatic hydroxyl groups is 1. The largest absolute Gasteiger partial charge is 0.392 e. The van der Waals surface area contributed by atoms with Crippen molar-refractivity contribution in [2.45, 2.75) is 38.2 Å². The van der Waals surface area contributed by atoms with E-state index in [4.69, 9.17) is 0 Å². The summed E-state index contributed by atoms with van der Waals surface area (Å²) >= 11 is 0. The molecule has 1 heteroatoms. The van der Waals surface area contributed by atoms with E-state index >= 15 is 0 Å². The van der Waals surface area contributed by atoms with Crippen LogP contribution in [0, 0.1) is 22.7 Å². The minimum atomic E-state index is 0.112. The highest BCUT2D eigenvalue weighted by Gasteiger charge is 2.81. The van der Waals surface area contributed by atoms with Gasteiger partial charge in [0, 0.05) is 5.41 Å². The molecule has 5 atom stereocenters. The van der Waals surface area contributed by atoms with Crippen LogP contribution in [0.3, 0.4) is 0 Å². The molecule has 4 bridgehead atoms. The van der Waals surface area contributed by atoms with Crippen LogP contribution in [0.2, 0.25) is 0 Å². The number of hydrogen-bond donors (Lipinski definition) is 1. The molecule has 5 rings (SSSR count). The molecule has 0 aromatic heterocycles. The fraction of sp³-hybridized carbons (Fsp3) is 1.00. The van der Waals surface area contributed by atoms with E-state index in [1.807, 2.05) is 0 Å². The molecule has 0 radical (unpaired) electrons. The molecule has 5 unspecified atom stereocenters. The number of rotatable bonds is 0. The lowest BCUT2D eigenvalue weighted by Gasteiger charge is -2.35. The third-order valence-corrected chi connectivity index (χ3v) is 5.22. The van der Waals surface area contributed by atoms with E-state index in [0.717, 1.165) is 11.8 Å². The number of aliphatic hydroxyl groups excluding tert-OH is 1. The fourth-order valence-corrected chi connectivity index (χ4v) is 5.03. The van der Waals surface area contributed by atoms with Gasteiger partial charge in [0.1, 0.15) is 0 Å². The lowest BCUT2D eigenvalue weighted by Crippen LogP contribution is -2.33. The third-order valence-electron chi connectivity index (χ3n) is 5.22. The van der Waals surface area contributed by atoms with Crippen LogP contribution in [0.15, 0.2) is 0 Å². The smallest absolute Gasteiger partial charge is 0.0630 e. The summed E-state index contributed by atoms with van der Waals surface area (Å²) in [6, 6.07) is 0. The Balaban J connectivity index is 1.94. The molecule has 5 aliphatic carbocycles. The monoisotopic (exact) mass is 150 g/mol. The van der Waals surface area contributed by atoms with Gasteiger partial charge in [-0.15, -0.1) is 0 Å². The van der Waals surface area contributed by atoms with Gasteiger partial charge < -0.3 is 5.11 Å². The molecule has 0 heterocycles. The Morgan fingerprint density at radius 2 is 2.09 bits per heavy atom. The minimum absolute atomic E-state index is 0.112. The summed E-state index contributed by atoms with van der Waals surface area (Å²) in [5, 5.41) is 10.0. The Morgan fingerprint density at radius 3 is 2.82 bits per heavy atom. The molecular weight excluding hydrogens is 136 g/mol. The molecule has 0 aliphatic heterocycles. The summed E-state index contributed by atoms with van der Waals surface area (Å²) in [5.41, 5.74) is 1.18. The lowest BCUT2D eigenvalue weighted by atomic mass is 9.72. The molecule has 5 fully saturated rings. The van der Waals surface area contributed by atoms with Crippen LogP contribution in [0.5, 0.6) is 0 Å². The highest BCUT2D eigenvalue weighted by atomic mass is 16.3. The van der Waals surface area contributed by atoms with Crippen molar-refractivity contribution in [1.29, 1.82) is 0 Å². The second-order valence-corrected chi connectivity index (χ2v) is 5.53. The van der Waals surface area contributed by atoms with Gasteiger partial charge in [-0.25, -0.2) is 0 Å². The molecule has 60 valence electrons. The lowest BCUT2D eigenvalue weighted by molar-refractivity contribution is 0.0143. The Hall–Kier alpha value is -0.0400. The molecule has 5 aliphatic rings. The molecule has 1 N–H and O–H groups in total. The molecule has 11 heavy (non-hydrogen) atoms. The molecule has 0 saturated heterocycles. The summed E-state index contributed by atoms with van der Waals surface area (Å²) in [7, 11) is 0. The quantitative estimate of drug-likeness (QED) is 0.555. The zero-order valence-electron chi connectivity index (χ0n) is 6.71. The van der Waals surface area contributed by atoms with Crippen molar-refractivity contribution in [2.75, 3.05) is 0 Å². The summed E-state index contributed by atoms with van der Waals surface area (Å²) in [4.78, 5) is 0. The SMILES string of the molecule is OC1C2CC3CC4(C2)CC14C3. The summed E-state index contributed by atoms with van der Waals surface area (Å²) in [6.07, 6.45) is 7.08. The third kappa shape index (κ3) is 0.358. The van der Waals surface area contributed by atoms with Gasteiger partial charge in [-0.05, 0) is 49.4 Å². The molecule has 0 aromatic carbocycles. The molecule has 0 amide bonds. The highest BCUT2D eigenvalue weighted by molar-refractivity contribution is 5.31. The molecular formula is C10H14O. The maximum Gasteiger partial charge on any atom is 0.0630 e. The Kier molecular flexibility index (Phi) is 0.602. The van der Waals surface area contributed by atoms with Crippen molar-refractivity contribution >= 4 is 0 Å². The van der Waals surface area contributed by atoms with Crippen molar-refractivity contribution in [3.05, 3.63) is 0 Å². The zero-order valence-corrected chi connectivity index (χ0v) is 6.71. The summed E-state index contributed by atoms with van der Waals surface area (Å²) in [5.74, 6) is 1.74. The van der Waals surface area contributed by atoms with Crippen LogP contribution < -0.4 is 0 Å². The van der Waals surface area contributed by atoms with Crippen LogP contribution in [0.1, 0.15) is 32.1 Å². The van der Waals surface area contributed by atoms with E-state index in [1.54, 1.807) is 0 Å². The number of hydrogen-bond acceptors (Lipinski definition) is 1. The van der Waals surface area contributed by atoms with Gasteiger partial charge in [0.25, 0.3) is 0 Å². The van der Waals surface area contributed by atoms with Gasteiger partial charge in [0.2, 0.25) is 0 Å². The van der Waals surface area contributed by atoms with E-state index in [2.05, 4.69) is 0 Å². The van der Waals surface area contributed by atoms with Gasteiger partial charge in [0.05, 0.1) is 6.10 Å². The maximum atomic E-state index is 10.0. The summed E-state index contributed by atoms with van der Waals surface area (Å²) in [6.45, 7) is 0. The molecule has 1 nitrogen and oxygen atoms in total. The zero-order chi connectivity index (χ0) is 7.27. The first-order chi connectivity index (χ1) is 5.26. The summed E-state index contributed by atoms with van der Waals surface area (Å²) < 4.78 is 0. The van der Waals surface area contributed by atoms with Gasteiger partial charge in [-0.1, -0.05) is 0 Å². The fourth-order valence-electron chi connectivity index (χ4n) is 5.03. The first kappa shape index (κ1) is 5.58. The van der Waals surface area contributed by atoms with E-state index in [0.29, 0.717) is 10.8 Å². The van der Waals surface area contributed by atoms with Crippen molar-refractivity contribution in [3.8, 4) is 0 Å². The highest BCUT2D eigenvalue weighted by Crippen LogP contribution is 2.87. The molecule has 0 aromatic rings. The van der Waals surface area contributed by atoms with Crippen molar-refractivity contribution < 1.29 is 5.11 Å². The Morgan fingerprint density at radius 1 is 1.18 bits per heavy atom. The predicted molar refractivity (Wildman–Crippen MR) is 40.9 cm³/mol. The second kappa shape index (κ2) is 1.19. The normalized spacial score (nSPS) is 75.5. The van der Waals surface area contributed by atoms with Crippen molar-refractivity contribution in [3.63, 3.8) is 0 Å². The molecule has 5 saturated carbocycles.